The van der Waals surface area contributed by atoms with Gasteiger partial charge in [0, 0.05) is 33.0 Å². The molecule has 3 rings (SSSR count). The second-order valence-corrected chi connectivity index (χ2v) is 7.03. The number of hydrogen-bond donors (Lipinski definition) is 1. The molecular formula is C16H26N4O2. The van der Waals surface area contributed by atoms with E-state index in [1.807, 2.05) is 6.92 Å². The molecule has 22 heavy (non-hydrogen) atoms. The van der Waals surface area contributed by atoms with E-state index in [0.29, 0.717) is 17.7 Å². The van der Waals surface area contributed by atoms with Gasteiger partial charge in [0.25, 0.3) is 0 Å². The van der Waals surface area contributed by atoms with Crippen LogP contribution in [0.25, 0.3) is 0 Å². The Balaban J connectivity index is 1.61. The van der Waals surface area contributed by atoms with E-state index in [1.165, 1.54) is 0 Å². The summed E-state index contributed by atoms with van der Waals surface area (Å²) in [6, 6.07) is 0. The third-order valence-electron chi connectivity index (χ3n) is 4.96. The van der Waals surface area contributed by atoms with Crippen LogP contribution in [0.4, 0.5) is 0 Å². The highest BCUT2D eigenvalue weighted by atomic mass is 16.5. The van der Waals surface area contributed by atoms with Crippen molar-refractivity contribution >= 4 is 5.91 Å². The van der Waals surface area contributed by atoms with Crippen LogP contribution in [0, 0.1) is 18.3 Å². The third kappa shape index (κ3) is 3.32. The molecule has 6 heteroatoms. The maximum absolute atomic E-state index is 12.9. The Morgan fingerprint density at radius 2 is 2.36 bits per heavy atom. The molecule has 2 fully saturated rings. The molecule has 1 aromatic heterocycles. The van der Waals surface area contributed by atoms with Gasteiger partial charge >= 0.3 is 0 Å². The summed E-state index contributed by atoms with van der Waals surface area (Å²) in [6.45, 7) is 7.45. The molecule has 3 heterocycles. The van der Waals surface area contributed by atoms with Gasteiger partial charge in [0.1, 0.15) is 0 Å². The maximum Gasteiger partial charge on any atom is 0.229 e. The van der Waals surface area contributed by atoms with Crippen molar-refractivity contribution in [3.8, 4) is 0 Å². The number of amides is 1. The monoisotopic (exact) mass is 306 g/mol. The van der Waals surface area contributed by atoms with E-state index in [2.05, 4.69) is 27.3 Å². The summed E-state index contributed by atoms with van der Waals surface area (Å²) in [7, 11) is 0. The maximum atomic E-state index is 12.9. The van der Waals surface area contributed by atoms with E-state index in [4.69, 9.17) is 4.52 Å². The van der Waals surface area contributed by atoms with Gasteiger partial charge in [-0.1, -0.05) is 5.16 Å². The number of carbonyl (C=O) groups excluding carboxylic acids is 1. The number of hydrogen-bond acceptors (Lipinski definition) is 5. The van der Waals surface area contributed by atoms with Gasteiger partial charge in [-0.3, -0.25) is 4.79 Å². The average Bonchev–Trinajstić information content (AvgIpc) is 2.92. The van der Waals surface area contributed by atoms with Crippen molar-refractivity contribution in [2.75, 3.05) is 26.2 Å². The largest absolute Gasteiger partial charge is 0.342 e. The molecule has 6 nitrogen and oxygen atoms in total. The molecule has 1 aromatic rings. The lowest BCUT2D eigenvalue weighted by atomic mass is 9.80. The highest BCUT2D eigenvalue weighted by molar-refractivity contribution is 5.82. The van der Waals surface area contributed by atoms with Crippen LogP contribution < -0.4 is 5.32 Å². The molecule has 2 atom stereocenters. The second kappa shape index (κ2) is 6.36. The number of nitrogens with zero attached hydrogens (tertiary/aromatic N) is 3. The number of carbonyl (C=O) groups is 1. The van der Waals surface area contributed by atoms with Crippen LogP contribution >= 0.6 is 0 Å². The Labute approximate surface area is 131 Å². The molecule has 0 aliphatic carbocycles. The number of nitrogens with one attached hydrogen (secondary N) is 1. The number of aryl methyl sites for hydroxylation is 1. The summed E-state index contributed by atoms with van der Waals surface area (Å²) in [5.74, 6) is 2.13. The summed E-state index contributed by atoms with van der Waals surface area (Å²) < 4.78 is 5.04. The summed E-state index contributed by atoms with van der Waals surface area (Å²) >= 11 is 0. The Kier molecular flexibility index (Phi) is 4.47. The van der Waals surface area contributed by atoms with Crippen LogP contribution in [0.2, 0.25) is 0 Å². The number of piperidine rings is 2. The van der Waals surface area contributed by atoms with E-state index in [1.54, 1.807) is 0 Å². The molecule has 122 valence electrons. The van der Waals surface area contributed by atoms with Gasteiger partial charge < -0.3 is 14.7 Å². The zero-order valence-electron chi connectivity index (χ0n) is 13.6. The predicted molar refractivity (Wildman–Crippen MR) is 82.3 cm³/mol. The van der Waals surface area contributed by atoms with Gasteiger partial charge in [-0.25, -0.2) is 0 Å². The van der Waals surface area contributed by atoms with Gasteiger partial charge in [0.05, 0.1) is 5.41 Å². The Bertz CT molecular complexity index is 522. The van der Waals surface area contributed by atoms with Gasteiger partial charge in [0.15, 0.2) is 5.82 Å². The SMILES string of the molecule is Cc1nc(C[C@@H]2CCCN(C(=O)[C@]3(C)CCCNC3)C2)no1. The minimum Gasteiger partial charge on any atom is -0.342 e. The quantitative estimate of drug-likeness (QED) is 0.917. The Morgan fingerprint density at radius 1 is 1.50 bits per heavy atom. The van der Waals surface area contributed by atoms with Gasteiger partial charge in [-0.15, -0.1) is 0 Å². The van der Waals surface area contributed by atoms with Gasteiger partial charge in [-0.05, 0) is 45.1 Å². The number of aromatic nitrogens is 2. The molecule has 0 spiro atoms. The molecule has 1 N–H and O–H groups in total. The van der Waals surface area contributed by atoms with Crippen LogP contribution in [0.1, 0.15) is 44.3 Å². The minimum atomic E-state index is -0.233. The molecule has 2 saturated heterocycles. The Hall–Kier alpha value is -1.43. The van der Waals surface area contributed by atoms with Gasteiger partial charge in [0.2, 0.25) is 11.8 Å². The van der Waals surface area contributed by atoms with Crippen LogP contribution in [0.15, 0.2) is 4.52 Å². The number of likely N-dealkylation sites (tertiary alicyclic amines) is 1. The van der Waals surface area contributed by atoms with Crippen molar-refractivity contribution in [3.05, 3.63) is 11.7 Å². The van der Waals surface area contributed by atoms with E-state index >= 15 is 0 Å². The van der Waals surface area contributed by atoms with Crippen molar-refractivity contribution in [2.45, 2.75) is 46.0 Å². The lowest BCUT2D eigenvalue weighted by molar-refractivity contribution is -0.144. The van der Waals surface area contributed by atoms with Crippen molar-refractivity contribution < 1.29 is 9.32 Å². The summed E-state index contributed by atoms with van der Waals surface area (Å²) in [6.07, 6.45) is 5.07. The van der Waals surface area contributed by atoms with Crippen LogP contribution in [-0.2, 0) is 11.2 Å². The molecule has 0 saturated carbocycles. The van der Waals surface area contributed by atoms with E-state index in [0.717, 1.165) is 64.1 Å². The highest BCUT2D eigenvalue weighted by Gasteiger charge is 2.39. The molecule has 0 unspecified atom stereocenters. The molecular weight excluding hydrogens is 280 g/mol. The molecule has 2 aliphatic heterocycles. The first-order valence-corrected chi connectivity index (χ1v) is 8.36. The average molecular weight is 306 g/mol. The molecule has 0 aromatic carbocycles. The van der Waals surface area contributed by atoms with Crippen LogP contribution in [-0.4, -0.2) is 47.1 Å². The predicted octanol–water partition coefficient (Wildman–Crippen LogP) is 1.55. The molecule has 0 bridgehead atoms. The number of rotatable bonds is 3. The minimum absolute atomic E-state index is 0.233. The zero-order valence-corrected chi connectivity index (χ0v) is 13.6. The lowest BCUT2D eigenvalue weighted by Gasteiger charge is -2.40. The van der Waals surface area contributed by atoms with E-state index in [-0.39, 0.29) is 5.41 Å². The normalized spacial score (nSPS) is 29.5. The highest BCUT2D eigenvalue weighted by Crippen LogP contribution is 2.30. The first-order valence-electron chi connectivity index (χ1n) is 8.36. The molecule has 2 aliphatic rings. The second-order valence-electron chi connectivity index (χ2n) is 7.03. The fourth-order valence-electron chi connectivity index (χ4n) is 3.72. The van der Waals surface area contributed by atoms with Crippen molar-refractivity contribution in [3.63, 3.8) is 0 Å². The Morgan fingerprint density at radius 3 is 3.05 bits per heavy atom. The first-order chi connectivity index (χ1) is 10.6. The first kappa shape index (κ1) is 15.5. The topological polar surface area (TPSA) is 71.3 Å². The fraction of sp³-hybridized carbons (Fsp3) is 0.812. The summed E-state index contributed by atoms with van der Waals surface area (Å²) in [4.78, 5) is 19.3. The summed E-state index contributed by atoms with van der Waals surface area (Å²) in [5.41, 5.74) is -0.233. The standard InChI is InChI=1S/C16H26N4O2/c1-12-18-14(19-22-12)9-13-5-3-8-20(10-13)15(21)16(2)6-4-7-17-11-16/h13,17H,3-11H2,1-2H3/t13-,16+/m0/s1. The fourth-order valence-corrected chi connectivity index (χ4v) is 3.72. The smallest absolute Gasteiger partial charge is 0.229 e. The van der Waals surface area contributed by atoms with Crippen molar-refractivity contribution in [1.29, 1.82) is 0 Å². The van der Waals surface area contributed by atoms with Crippen LogP contribution in [0.3, 0.4) is 0 Å². The summed E-state index contributed by atoms with van der Waals surface area (Å²) in [5, 5.41) is 7.35. The lowest BCUT2D eigenvalue weighted by Crippen LogP contribution is -2.52. The molecule has 1 amide bonds. The van der Waals surface area contributed by atoms with Crippen molar-refractivity contribution in [2.24, 2.45) is 11.3 Å². The molecule has 0 radical (unpaired) electrons. The van der Waals surface area contributed by atoms with E-state index < -0.39 is 0 Å². The van der Waals surface area contributed by atoms with Crippen LogP contribution in [0.5, 0.6) is 0 Å². The van der Waals surface area contributed by atoms with Gasteiger partial charge in [-0.2, -0.15) is 4.98 Å². The van der Waals surface area contributed by atoms with Crippen molar-refractivity contribution in [1.82, 2.24) is 20.4 Å². The zero-order chi connectivity index (χ0) is 15.6. The third-order valence-corrected chi connectivity index (χ3v) is 4.96. The van der Waals surface area contributed by atoms with E-state index in [9.17, 15) is 4.79 Å².